The van der Waals surface area contributed by atoms with Crippen LogP contribution in [0.4, 0.5) is 4.39 Å². The predicted octanol–water partition coefficient (Wildman–Crippen LogP) is 4.61. The molecule has 3 aromatic rings. The molecule has 1 aliphatic heterocycles. The zero-order valence-electron chi connectivity index (χ0n) is 16.0. The lowest BCUT2D eigenvalue weighted by Gasteiger charge is -2.39. The molecule has 1 saturated heterocycles. The summed E-state index contributed by atoms with van der Waals surface area (Å²) in [6.45, 7) is 4.79. The molecule has 0 bridgehead atoms. The average molecular weight is 405 g/mol. The minimum atomic E-state index is -0.714. The van der Waals surface area contributed by atoms with Crippen LogP contribution >= 0.6 is 12.4 Å². The number of halogens is 2. The maximum atomic E-state index is 13.2. The van der Waals surface area contributed by atoms with Crippen molar-refractivity contribution >= 4 is 23.4 Å². The summed E-state index contributed by atoms with van der Waals surface area (Å²) in [4.78, 5) is 2.40. The summed E-state index contributed by atoms with van der Waals surface area (Å²) >= 11 is 0. The summed E-state index contributed by atoms with van der Waals surface area (Å²) < 4.78 is 18.5. The fraction of sp³-hybridized carbons (Fsp3) is 0.409. The minimum absolute atomic E-state index is 0. The molecular formula is C22H26ClFN2O2. The van der Waals surface area contributed by atoms with Gasteiger partial charge in [-0.05, 0) is 62.4 Å². The second-order valence-electron chi connectivity index (χ2n) is 7.56. The third kappa shape index (κ3) is 4.22. The van der Waals surface area contributed by atoms with Crippen molar-refractivity contribution < 1.29 is 14.0 Å². The molecule has 28 heavy (non-hydrogen) atoms. The summed E-state index contributed by atoms with van der Waals surface area (Å²) in [5, 5.41) is 16.1. The molecule has 0 spiro atoms. The monoisotopic (exact) mass is 404 g/mol. The topological polar surface area (TPSA) is 49.5 Å². The van der Waals surface area contributed by atoms with Crippen molar-refractivity contribution in [2.45, 2.75) is 38.2 Å². The number of benzene rings is 2. The van der Waals surface area contributed by atoms with Gasteiger partial charge in [0.15, 0.2) is 5.58 Å². The molecule has 0 aliphatic carbocycles. The number of hydrogen-bond donors (Lipinski definition) is 1. The van der Waals surface area contributed by atoms with Crippen molar-refractivity contribution in [3.63, 3.8) is 0 Å². The summed E-state index contributed by atoms with van der Waals surface area (Å²) in [6, 6.07) is 12.7. The van der Waals surface area contributed by atoms with Gasteiger partial charge in [-0.2, -0.15) is 0 Å². The van der Waals surface area contributed by atoms with E-state index in [9.17, 15) is 9.50 Å². The Morgan fingerprint density at radius 2 is 1.93 bits per heavy atom. The fourth-order valence-corrected chi connectivity index (χ4v) is 4.12. The molecule has 0 saturated carbocycles. The number of nitrogens with zero attached hydrogens (tertiary/aromatic N) is 2. The Hall–Kier alpha value is -1.95. The quantitative estimate of drug-likeness (QED) is 0.674. The second kappa shape index (κ2) is 8.60. The van der Waals surface area contributed by atoms with E-state index in [4.69, 9.17) is 4.52 Å². The molecule has 2 heterocycles. The van der Waals surface area contributed by atoms with Crippen molar-refractivity contribution in [2.75, 3.05) is 19.6 Å². The summed E-state index contributed by atoms with van der Waals surface area (Å²) in [6.07, 6.45) is 3.27. The first-order chi connectivity index (χ1) is 13.0. The van der Waals surface area contributed by atoms with Crippen molar-refractivity contribution in [1.29, 1.82) is 0 Å². The van der Waals surface area contributed by atoms with E-state index in [2.05, 4.69) is 23.0 Å². The Kier molecular flexibility index (Phi) is 6.38. The van der Waals surface area contributed by atoms with Crippen LogP contribution in [0.25, 0.3) is 11.0 Å². The van der Waals surface area contributed by atoms with Crippen LogP contribution in [0.1, 0.15) is 36.1 Å². The number of rotatable bonds is 5. The van der Waals surface area contributed by atoms with Gasteiger partial charge in [0.2, 0.25) is 0 Å². The SMILES string of the molecule is Cc1ccccc1C1(O)CCN(CCCc2noc3cc(F)ccc23)CC1.Cl. The lowest BCUT2D eigenvalue weighted by Crippen LogP contribution is -2.43. The van der Waals surface area contributed by atoms with Gasteiger partial charge in [0, 0.05) is 24.5 Å². The fourth-order valence-electron chi connectivity index (χ4n) is 4.12. The Morgan fingerprint density at radius 1 is 1.18 bits per heavy atom. The van der Waals surface area contributed by atoms with Crippen LogP contribution in [0.3, 0.4) is 0 Å². The molecule has 0 radical (unpaired) electrons. The number of fused-ring (bicyclic) bond motifs is 1. The van der Waals surface area contributed by atoms with E-state index in [1.54, 1.807) is 6.07 Å². The van der Waals surface area contributed by atoms with E-state index in [1.807, 2.05) is 18.2 Å². The normalized spacial score (nSPS) is 16.8. The van der Waals surface area contributed by atoms with Gasteiger partial charge in [0.05, 0.1) is 11.3 Å². The van der Waals surface area contributed by atoms with Gasteiger partial charge < -0.3 is 14.5 Å². The average Bonchev–Trinajstić information content (AvgIpc) is 3.06. The maximum absolute atomic E-state index is 13.2. The number of piperidine rings is 1. The Balaban J connectivity index is 0.00000225. The van der Waals surface area contributed by atoms with Crippen LogP contribution in [0, 0.1) is 12.7 Å². The van der Waals surface area contributed by atoms with E-state index in [1.165, 1.54) is 12.1 Å². The molecular weight excluding hydrogens is 379 g/mol. The van der Waals surface area contributed by atoms with E-state index in [0.29, 0.717) is 5.58 Å². The van der Waals surface area contributed by atoms with E-state index in [-0.39, 0.29) is 18.2 Å². The smallest absolute Gasteiger partial charge is 0.170 e. The van der Waals surface area contributed by atoms with Crippen molar-refractivity contribution in [3.05, 3.63) is 65.1 Å². The number of hydrogen-bond acceptors (Lipinski definition) is 4. The van der Waals surface area contributed by atoms with E-state index in [0.717, 1.165) is 67.5 Å². The molecule has 1 aromatic heterocycles. The molecule has 0 atom stereocenters. The largest absolute Gasteiger partial charge is 0.385 e. The van der Waals surface area contributed by atoms with Gasteiger partial charge >= 0.3 is 0 Å². The standard InChI is InChI=1S/C22H25FN2O2.ClH/c1-16-5-2-3-6-19(16)22(26)10-13-25(14-11-22)12-4-7-20-18-9-8-17(23)15-21(18)27-24-20;/h2-3,5-6,8-9,15,26H,4,7,10-14H2,1H3;1H. The highest BCUT2D eigenvalue weighted by molar-refractivity contribution is 5.85. The van der Waals surface area contributed by atoms with Gasteiger partial charge in [0.25, 0.3) is 0 Å². The van der Waals surface area contributed by atoms with Gasteiger partial charge in [-0.3, -0.25) is 0 Å². The van der Waals surface area contributed by atoms with Crippen LogP contribution in [0.2, 0.25) is 0 Å². The Morgan fingerprint density at radius 3 is 2.68 bits per heavy atom. The molecule has 1 aliphatic rings. The summed E-state index contributed by atoms with van der Waals surface area (Å²) in [7, 11) is 0. The molecule has 6 heteroatoms. The second-order valence-corrected chi connectivity index (χ2v) is 7.56. The van der Waals surface area contributed by atoms with Crippen LogP contribution in [-0.4, -0.2) is 34.8 Å². The molecule has 4 nitrogen and oxygen atoms in total. The van der Waals surface area contributed by atoms with Gasteiger partial charge in [-0.25, -0.2) is 4.39 Å². The highest BCUT2D eigenvalue weighted by atomic mass is 35.5. The van der Waals surface area contributed by atoms with Gasteiger partial charge in [-0.1, -0.05) is 29.4 Å². The highest BCUT2D eigenvalue weighted by Gasteiger charge is 2.34. The molecule has 150 valence electrons. The van der Waals surface area contributed by atoms with Crippen LogP contribution < -0.4 is 0 Å². The number of aliphatic hydroxyl groups is 1. The van der Waals surface area contributed by atoms with Crippen molar-refractivity contribution in [2.24, 2.45) is 0 Å². The molecule has 0 amide bonds. The Bertz CT molecular complexity index is 935. The molecule has 1 fully saturated rings. The zero-order chi connectivity index (χ0) is 18.9. The predicted molar refractivity (Wildman–Crippen MR) is 110 cm³/mol. The van der Waals surface area contributed by atoms with Gasteiger partial charge in [0.1, 0.15) is 5.82 Å². The van der Waals surface area contributed by atoms with Crippen molar-refractivity contribution in [3.8, 4) is 0 Å². The summed E-state index contributed by atoms with van der Waals surface area (Å²) in [5.41, 5.74) is 2.90. The lowest BCUT2D eigenvalue weighted by atomic mass is 9.82. The number of aryl methyl sites for hydroxylation is 2. The third-order valence-electron chi connectivity index (χ3n) is 5.73. The van der Waals surface area contributed by atoms with E-state index >= 15 is 0 Å². The molecule has 2 aromatic carbocycles. The highest BCUT2D eigenvalue weighted by Crippen LogP contribution is 2.34. The Labute approximate surface area is 170 Å². The number of aromatic nitrogens is 1. The van der Waals surface area contributed by atoms with E-state index < -0.39 is 5.60 Å². The summed E-state index contributed by atoms with van der Waals surface area (Å²) in [5.74, 6) is -0.306. The van der Waals surface area contributed by atoms with Crippen LogP contribution in [-0.2, 0) is 12.0 Å². The number of likely N-dealkylation sites (tertiary alicyclic amines) is 1. The first kappa shape index (κ1) is 20.8. The van der Waals surface area contributed by atoms with Crippen LogP contribution in [0.5, 0.6) is 0 Å². The maximum Gasteiger partial charge on any atom is 0.170 e. The molecule has 4 rings (SSSR count). The zero-order valence-corrected chi connectivity index (χ0v) is 16.8. The third-order valence-corrected chi connectivity index (χ3v) is 5.73. The van der Waals surface area contributed by atoms with Crippen LogP contribution in [0.15, 0.2) is 47.0 Å². The first-order valence-electron chi connectivity index (χ1n) is 9.60. The van der Waals surface area contributed by atoms with Crippen molar-refractivity contribution in [1.82, 2.24) is 10.1 Å². The molecule has 0 unspecified atom stereocenters. The van der Waals surface area contributed by atoms with Gasteiger partial charge in [-0.15, -0.1) is 12.4 Å². The molecule has 1 N–H and O–H groups in total. The lowest BCUT2D eigenvalue weighted by molar-refractivity contribution is -0.0264. The first-order valence-corrected chi connectivity index (χ1v) is 9.60. The minimum Gasteiger partial charge on any atom is -0.385 e.